The molecule has 6 nitrogen and oxygen atoms in total. The van der Waals surface area contributed by atoms with Gasteiger partial charge in [-0.05, 0) is 11.6 Å². The lowest BCUT2D eigenvalue weighted by atomic mass is 9.99. The van der Waals surface area contributed by atoms with Crippen LogP contribution in [0.5, 0.6) is 0 Å². The Kier molecular flexibility index (Phi) is 3.41. The number of hydrogen-bond donors (Lipinski definition) is 2. The number of para-hydroxylation sites is 1. The molecule has 1 aromatic carbocycles. The van der Waals surface area contributed by atoms with Gasteiger partial charge in [0.1, 0.15) is 0 Å². The highest BCUT2D eigenvalue weighted by molar-refractivity contribution is 5.82. The summed E-state index contributed by atoms with van der Waals surface area (Å²) in [5.74, 6) is 5.72. The van der Waals surface area contributed by atoms with Crippen LogP contribution < -0.4 is 11.3 Å². The third-order valence-electron chi connectivity index (χ3n) is 3.30. The van der Waals surface area contributed by atoms with Crippen molar-refractivity contribution < 1.29 is 0 Å². The molecule has 3 aromatic rings. The maximum Gasteiger partial charge on any atom is 0.0846 e. The molecule has 6 heteroatoms. The Bertz CT molecular complexity index is 715. The molecule has 0 radical (unpaired) electrons. The van der Waals surface area contributed by atoms with Gasteiger partial charge in [0, 0.05) is 31.2 Å². The summed E-state index contributed by atoms with van der Waals surface area (Å²) in [4.78, 5) is 4.46. The van der Waals surface area contributed by atoms with Crippen molar-refractivity contribution in [2.45, 2.75) is 12.5 Å². The molecule has 0 aliphatic carbocycles. The molecule has 2 heterocycles. The lowest BCUT2D eigenvalue weighted by Crippen LogP contribution is -2.30. The second-order valence-electron chi connectivity index (χ2n) is 4.73. The molecule has 0 aliphatic heterocycles. The third kappa shape index (κ3) is 2.38. The summed E-state index contributed by atoms with van der Waals surface area (Å²) >= 11 is 0. The summed E-state index contributed by atoms with van der Waals surface area (Å²) in [7, 11) is 1.85. The number of nitrogens with zero attached hydrogens (tertiary/aromatic N) is 4. The van der Waals surface area contributed by atoms with Gasteiger partial charge in [0.25, 0.3) is 0 Å². The van der Waals surface area contributed by atoms with E-state index in [1.165, 1.54) is 0 Å². The quantitative estimate of drug-likeness (QED) is 0.547. The van der Waals surface area contributed by atoms with E-state index in [2.05, 4.69) is 20.7 Å². The van der Waals surface area contributed by atoms with Gasteiger partial charge in [-0.2, -0.15) is 0 Å². The molecule has 2 aromatic heterocycles. The van der Waals surface area contributed by atoms with Crippen LogP contribution in [-0.4, -0.2) is 20.0 Å². The van der Waals surface area contributed by atoms with Crippen molar-refractivity contribution in [3.8, 4) is 0 Å². The minimum Gasteiger partial charge on any atom is -0.271 e. The van der Waals surface area contributed by atoms with Crippen LogP contribution in [0.2, 0.25) is 0 Å². The van der Waals surface area contributed by atoms with E-state index in [4.69, 9.17) is 5.84 Å². The fourth-order valence-corrected chi connectivity index (χ4v) is 2.37. The minimum absolute atomic E-state index is 0.0506. The summed E-state index contributed by atoms with van der Waals surface area (Å²) in [5.41, 5.74) is 5.77. The predicted octanol–water partition coefficient (Wildman–Crippen LogP) is 1.11. The molecule has 102 valence electrons. The smallest absolute Gasteiger partial charge is 0.0846 e. The molecule has 0 aliphatic rings. The molecular weight excluding hydrogens is 252 g/mol. The number of hydrazine groups is 1. The lowest BCUT2D eigenvalue weighted by molar-refractivity contribution is 0.548. The minimum atomic E-state index is -0.0506. The summed E-state index contributed by atoms with van der Waals surface area (Å²) in [6.45, 7) is 0. The Labute approximate surface area is 116 Å². The number of nitrogens with one attached hydrogen (secondary N) is 1. The largest absolute Gasteiger partial charge is 0.271 e. The van der Waals surface area contributed by atoms with Gasteiger partial charge in [-0.25, -0.2) is 0 Å². The number of fused-ring (bicyclic) bond motifs is 1. The van der Waals surface area contributed by atoms with E-state index >= 15 is 0 Å². The van der Waals surface area contributed by atoms with E-state index in [0.717, 1.165) is 22.2 Å². The number of pyridine rings is 1. The zero-order chi connectivity index (χ0) is 13.9. The first-order chi connectivity index (χ1) is 9.78. The molecule has 0 amide bonds. The topological polar surface area (TPSA) is 81.7 Å². The normalized spacial score (nSPS) is 12.7. The van der Waals surface area contributed by atoms with Crippen LogP contribution in [0.3, 0.4) is 0 Å². The summed E-state index contributed by atoms with van der Waals surface area (Å²) in [6, 6.07) is 10.0. The van der Waals surface area contributed by atoms with E-state index in [1.54, 1.807) is 10.9 Å². The lowest BCUT2D eigenvalue weighted by Gasteiger charge is -2.16. The standard InChI is InChI=1S/C14H16N6/c1-20-9-11(18-19-20)8-13(17-15)12-6-2-4-10-5-3-7-16-14(10)12/h2-7,9,13,17H,8,15H2,1H3. The van der Waals surface area contributed by atoms with Crippen LogP contribution in [0.25, 0.3) is 10.9 Å². The SMILES string of the molecule is Cn1cc(CC(NN)c2cccc3cccnc23)nn1. The molecule has 0 bridgehead atoms. The zero-order valence-electron chi connectivity index (χ0n) is 11.2. The Hall–Kier alpha value is -2.31. The van der Waals surface area contributed by atoms with Crippen molar-refractivity contribution in [2.75, 3.05) is 0 Å². The van der Waals surface area contributed by atoms with Gasteiger partial charge in [-0.1, -0.05) is 29.5 Å². The van der Waals surface area contributed by atoms with E-state index < -0.39 is 0 Å². The zero-order valence-corrected chi connectivity index (χ0v) is 11.2. The van der Waals surface area contributed by atoms with Crippen molar-refractivity contribution in [2.24, 2.45) is 12.9 Å². The van der Waals surface area contributed by atoms with E-state index in [9.17, 15) is 0 Å². The van der Waals surface area contributed by atoms with Gasteiger partial charge in [0.2, 0.25) is 0 Å². The first kappa shape index (κ1) is 12.7. The summed E-state index contributed by atoms with van der Waals surface area (Å²) < 4.78 is 1.68. The van der Waals surface area contributed by atoms with Gasteiger partial charge in [-0.15, -0.1) is 5.10 Å². The number of benzene rings is 1. The monoisotopic (exact) mass is 268 g/mol. The van der Waals surface area contributed by atoms with Gasteiger partial charge in [0.15, 0.2) is 0 Å². The molecule has 0 saturated heterocycles. The van der Waals surface area contributed by atoms with Crippen LogP contribution >= 0.6 is 0 Å². The first-order valence-corrected chi connectivity index (χ1v) is 6.43. The van der Waals surface area contributed by atoms with Crippen molar-refractivity contribution in [1.82, 2.24) is 25.4 Å². The van der Waals surface area contributed by atoms with Gasteiger partial charge < -0.3 is 0 Å². The Morgan fingerprint density at radius 1 is 1.30 bits per heavy atom. The van der Waals surface area contributed by atoms with Crippen LogP contribution in [0.1, 0.15) is 17.3 Å². The fourth-order valence-electron chi connectivity index (χ4n) is 2.37. The summed E-state index contributed by atoms with van der Waals surface area (Å²) in [6.07, 6.45) is 4.35. The van der Waals surface area contributed by atoms with Crippen molar-refractivity contribution in [3.63, 3.8) is 0 Å². The average molecular weight is 268 g/mol. The molecule has 1 atom stereocenters. The van der Waals surface area contributed by atoms with E-state index in [-0.39, 0.29) is 6.04 Å². The maximum absolute atomic E-state index is 5.72. The maximum atomic E-state index is 5.72. The second kappa shape index (κ2) is 5.36. The van der Waals surface area contributed by atoms with E-state index in [0.29, 0.717) is 6.42 Å². The highest BCUT2D eigenvalue weighted by atomic mass is 15.4. The Morgan fingerprint density at radius 3 is 2.90 bits per heavy atom. The molecule has 3 rings (SSSR count). The van der Waals surface area contributed by atoms with Gasteiger partial charge >= 0.3 is 0 Å². The molecule has 0 spiro atoms. The highest BCUT2D eigenvalue weighted by Gasteiger charge is 2.15. The Morgan fingerprint density at radius 2 is 2.15 bits per heavy atom. The number of rotatable bonds is 4. The molecule has 3 N–H and O–H groups in total. The second-order valence-corrected chi connectivity index (χ2v) is 4.73. The first-order valence-electron chi connectivity index (χ1n) is 6.43. The molecule has 1 unspecified atom stereocenters. The van der Waals surface area contributed by atoms with Crippen molar-refractivity contribution in [3.05, 3.63) is 54.0 Å². The average Bonchev–Trinajstić information content (AvgIpc) is 2.89. The van der Waals surface area contributed by atoms with Gasteiger partial charge in [0.05, 0.1) is 17.3 Å². The highest BCUT2D eigenvalue weighted by Crippen LogP contribution is 2.24. The van der Waals surface area contributed by atoms with Crippen molar-refractivity contribution >= 4 is 10.9 Å². The van der Waals surface area contributed by atoms with Crippen LogP contribution in [0, 0.1) is 0 Å². The summed E-state index contributed by atoms with van der Waals surface area (Å²) in [5, 5.41) is 9.15. The number of nitrogens with two attached hydrogens (primary N) is 1. The molecular formula is C14H16N6. The van der Waals surface area contributed by atoms with Crippen LogP contribution in [0.4, 0.5) is 0 Å². The fraction of sp³-hybridized carbons (Fsp3) is 0.214. The molecule has 20 heavy (non-hydrogen) atoms. The molecule has 0 fully saturated rings. The molecule has 0 saturated carbocycles. The van der Waals surface area contributed by atoms with Crippen molar-refractivity contribution in [1.29, 1.82) is 0 Å². The van der Waals surface area contributed by atoms with Gasteiger partial charge in [-0.3, -0.25) is 20.9 Å². The Balaban J connectivity index is 1.98. The van der Waals surface area contributed by atoms with Crippen LogP contribution in [0.15, 0.2) is 42.7 Å². The third-order valence-corrected chi connectivity index (χ3v) is 3.30. The van der Waals surface area contributed by atoms with E-state index in [1.807, 2.05) is 43.6 Å². The number of aryl methyl sites for hydroxylation is 1. The number of hydrogen-bond acceptors (Lipinski definition) is 5. The number of aromatic nitrogens is 4. The van der Waals surface area contributed by atoms with Crippen LogP contribution in [-0.2, 0) is 13.5 Å². The predicted molar refractivity (Wildman–Crippen MR) is 76.5 cm³/mol.